The Morgan fingerprint density at radius 2 is 1.91 bits per heavy atom. The highest BCUT2D eigenvalue weighted by atomic mass is 16.6. The van der Waals surface area contributed by atoms with Gasteiger partial charge in [0.1, 0.15) is 12.4 Å². The van der Waals surface area contributed by atoms with E-state index >= 15 is 0 Å². The lowest BCUT2D eigenvalue weighted by molar-refractivity contribution is -0.0842. The Labute approximate surface area is 189 Å². The first kappa shape index (κ1) is 21.3. The monoisotopic (exact) mass is 451 g/mol. The predicted octanol–water partition coefficient (Wildman–Crippen LogP) is 1.35. The van der Waals surface area contributed by atoms with Crippen molar-refractivity contribution in [1.82, 2.24) is 19.1 Å². The smallest absolute Gasteiger partial charge is 0.333 e. The number of para-hydroxylation sites is 2. The van der Waals surface area contributed by atoms with Crippen molar-refractivity contribution in [3.05, 3.63) is 50.9 Å². The highest BCUT2D eigenvalue weighted by molar-refractivity contribution is 5.71. The van der Waals surface area contributed by atoms with E-state index in [-0.39, 0.29) is 35.8 Å². The van der Waals surface area contributed by atoms with Crippen LogP contribution in [0.1, 0.15) is 43.6 Å². The first-order chi connectivity index (χ1) is 16.0. The maximum atomic E-state index is 12.9. The molecule has 10 nitrogen and oxygen atoms in total. The molecule has 1 unspecified atom stereocenters. The van der Waals surface area contributed by atoms with Crippen molar-refractivity contribution >= 4 is 16.9 Å². The largest absolute Gasteiger partial charge is 0.495 e. The van der Waals surface area contributed by atoms with E-state index in [1.165, 1.54) is 9.47 Å². The number of nitrogens with zero attached hydrogens (tertiary/aromatic N) is 4. The number of aromatic nitrogens is 4. The minimum atomic E-state index is -1.24. The number of hydrogen-bond acceptors (Lipinski definition) is 7. The molecule has 1 aromatic carbocycles. The molecule has 10 heteroatoms. The number of methoxy groups -OCH3 is 1. The summed E-state index contributed by atoms with van der Waals surface area (Å²) in [6.45, 7) is -0.0700. The van der Waals surface area contributed by atoms with Gasteiger partial charge < -0.3 is 24.5 Å². The first-order valence-corrected chi connectivity index (χ1v) is 10.9. The Morgan fingerprint density at radius 1 is 1.21 bits per heavy atom. The second kappa shape index (κ2) is 8.42. The number of hydrogen-bond donors (Lipinski definition) is 2. The number of aliphatic hydroxyl groups is 1. The van der Waals surface area contributed by atoms with Gasteiger partial charge in [-0.05, 0) is 43.7 Å². The third kappa shape index (κ3) is 4.01. The van der Waals surface area contributed by atoms with Gasteiger partial charge in [0.05, 0.1) is 12.8 Å². The van der Waals surface area contributed by atoms with Gasteiger partial charge in [-0.25, -0.2) is 9.78 Å². The molecule has 2 aliphatic rings. The number of fused-ring (bicyclic) bond motifs is 1. The van der Waals surface area contributed by atoms with Crippen molar-refractivity contribution < 1.29 is 14.6 Å². The number of H-pyrrole nitrogens is 1. The number of benzene rings is 1. The average Bonchev–Trinajstić information content (AvgIpc) is 3.75. The van der Waals surface area contributed by atoms with E-state index in [2.05, 4.69) is 21.8 Å². The maximum Gasteiger partial charge on any atom is 0.333 e. The fourth-order valence-corrected chi connectivity index (χ4v) is 3.87. The standard InChI is InChI=1S/C23H25N5O5/c1-26(16-6-3-4-7-17(16)32-2)23(31)33-13-5-8-18-24-19-20(25-18)27(14-9-10-14)22(30)28(21(19)29)15-11-12-15/h3-4,6-7,14-15,23,31H,9-13H2,1-2H3,(H,24,25). The van der Waals surface area contributed by atoms with E-state index < -0.39 is 6.41 Å². The highest BCUT2D eigenvalue weighted by Gasteiger charge is 2.34. The number of imidazole rings is 1. The highest BCUT2D eigenvalue weighted by Crippen LogP contribution is 2.36. The van der Waals surface area contributed by atoms with Crippen molar-refractivity contribution in [3.8, 4) is 17.6 Å². The van der Waals surface area contributed by atoms with Gasteiger partial charge in [0.2, 0.25) is 6.41 Å². The van der Waals surface area contributed by atoms with Crippen LogP contribution in [0.25, 0.3) is 11.2 Å². The Hall–Kier alpha value is -3.55. The molecule has 0 bridgehead atoms. The lowest BCUT2D eigenvalue weighted by atomic mass is 10.3. The molecule has 2 aromatic heterocycles. The zero-order chi connectivity index (χ0) is 23.1. The fraction of sp³-hybridized carbons (Fsp3) is 0.435. The molecular weight excluding hydrogens is 426 g/mol. The van der Waals surface area contributed by atoms with Crippen molar-refractivity contribution in [2.45, 2.75) is 44.2 Å². The van der Waals surface area contributed by atoms with Crippen LogP contribution in [-0.4, -0.2) is 51.4 Å². The van der Waals surface area contributed by atoms with Crippen molar-refractivity contribution in [1.29, 1.82) is 0 Å². The van der Waals surface area contributed by atoms with Crippen LogP contribution < -0.4 is 20.9 Å². The topological polar surface area (TPSA) is 115 Å². The molecule has 0 saturated heterocycles. The van der Waals surface area contributed by atoms with Crippen LogP contribution in [0.2, 0.25) is 0 Å². The molecule has 2 N–H and O–H groups in total. The van der Waals surface area contributed by atoms with Crippen LogP contribution in [-0.2, 0) is 4.74 Å². The lowest BCUT2D eigenvalue weighted by Gasteiger charge is -2.26. The maximum absolute atomic E-state index is 12.9. The van der Waals surface area contributed by atoms with Crippen molar-refractivity contribution in [2.75, 3.05) is 25.7 Å². The first-order valence-electron chi connectivity index (χ1n) is 10.9. The number of rotatable bonds is 7. The van der Waals surface area contributed by atoms with Gasteiger partial charge in [-0.1, -0.05) is 18.1 Å². The summed E-state index contributed by atoms with van der Waals surface area (Å²) in [5, 5.41) is 10.3. The van der Waals surface area contributed by atoms with E-state index in [0.717, 1.165) is 25.7 Å². The molecular formula is C23H25N5O5. The molecule has 0 spiro atoms. The molecule has 1 atom stereocenters. The zero-order valence-electron chi connectivity index (χ0n) is 18.4. The van der Waals surface area contributed by atoms with Crippen LogP contribution in [0.3, 0.4) is 0 Å². The summed E-state index contributed by atoms with van der Waals surface area (Å²) in [7, 11) is 3.23. The second-order valence-corrected chi connectivity index (χ2v) is 8.30. The lowest BCUT2D eigenvalue weighted by Crippen LogP contribution is -2.39. The summed E-state index contributed by atoms with van der Waals surface area (Å²) < 4.78 is 13.7. The van der Waals surface area contributed by atoms with Crippen LogP contribution in [0, 0.1) is 11.8 Å². The molecule has 0 aliphatic heterocycles. The van der Waals surface area contributed by atoms with Gasteiger partial charge in [-0.2, -0.15) is 0 Å². The van der Waals surface area contributed by atoms with E-state index in [1.54, 1.807) is 30.9 Å². The normalized spacial score (nSPS) is 16.3. The van der Waals surface area contributed by atoms with Crippen LogP contribution in [0.4, 0.5) is 5.69 Å². The van der Waals surface area contributed by atoms with Crippen LogP contribution in [0.5, 0.6) is 5.75 Å². The zero-order valence-corrected chi connectivity index (χ0v) is 18.4. The quantitative estimate of drug-likeness (QED) is 0.412. The summed E-state index contributed by atoms with van der Waals surface area (Å²) in [6.07, 6.45) is 2.25. The molecule has 0 radical (unpaired) electrons. The summed E-state index contributed by atoms with van der Waals surface area (Å²) in [6, 6.07) is 7.33. The molecule has 2 heterocycles. The third-order valence-corrected chi connectivity index (χ3v) is 5.89. The molecule has 2 saturated carbocycles. The van der Waals surface area contributed by atoms with Crippen LogP contribution >= 0.6 is 0 Å². The Morgan fingerprint density at radius 3 is 2.61 bits per heavy atom. The molecule has 33 heavy (non-hydrogen) atoms. The summed E-state index contributed by atoms with van der Waals surface area (Å²) in [4.78, 5) is 34.7. The number of aliphatic hydroxyl groups excluding tert-OH is 1. The van der Waals surface area contributed by atoms with E-state index in [9.17, 15) is 14.7 Å². The van der Waals surface area contributed by atoms with E-state index in [0.29, 0.717) is 22.6 Å². The number of aromatic amines is 1. The number of anilines is 1. The molecule has 5 rings (SSSR count). The van der Waals surface area contributed by atoms with Gasteiger partial charge in [-0.3, -0.25) is 13.9 Å². The van der Waals surface area contributed by atoms with Gasteiger partial charge in [0.15, 0.2) is 17.0 Å². The van der Waals surface area contributed by atoms with Crippen molar-refractivity contribution in [2.24, 2.45) is 0 Å². The number of ether oxygens (including phenoxy) is 2. The predicted molar refractivity (Wildman–Crippen MR) is 121 cm³/mol. The Bertz CT molecular complexity index is 1370. The van der Waals surface area contributed by atoms with Crippen molar-refractivity contribution in [3.63, 3.8) is 0 Å². The minimum absolute atomic E-state index is 0.0210. The molecule has 2 fully saturated rings. The van der Waals surface area contributed by atoms with Gasteiger partial charge in [0.25, 0.3) is 5.56 Å². The SMILES string of the molecule is COc1ccccc1N(C)C(O)OCC#Cc1nc2c([nH]1)c(=O)n(C1CC1)c(=O)n2C1CC1. The summed E-state index contributed by atoms with van der Waals surface area (Å²) in [5.74, 6) is 6.51. The summed E-state index contributed by atoms with van der Waals surface area (Å²) >= 11 is 0. The average molecular weight is 451 g/mol. The molecule has 3 aromatic rings. The molecule has 2 aliphatic carbocycles. The third-order valence-electron chi connectivity index (χ3n) is 5.89. The van der Waals surface area contributed by atoms with Gasteiger partial charge in [0, 0.05) is 19.1 Å². The molecule has 172 valence electrons. The van der Waals surface area contributed by atoms with E-state index in [4.69, 9.17) is 9.47 Å². The summed E-state index contributed by atoms with van der Waals surface area (Å²) in [5.41, 5.74) is 0.692. The Kier molecular flexibility index (Phi) is 5.44. The molecule has 0 amide bonds. The van der Waals surface area contributed by atoms with Crippen LogP contribution in [0.15, 0.2) is 33.9 Å². The Balaban J connectivity index is 1.34. The van der Waals surface area contributed by atoms with Gasteiger partial charge >= 0.3 is 5.69 Å². The van der Waals surface area contributed by atoms with E-state index in [1.807, 2.05) is 12.1 Å². The second-order valence-electron chi connectivity index (χ2n) is 8.30. The number of nitrogens with one attached hydrogen (secondary N) is 1. The van der Waals surface area contributed by atoms with Gasteiger partial charge in [-0.15, -0.1) is 0 Å². The fourth-order valence-electron chi connectivity index (χ4n) is 3.87. The minimum Gasteiger partial charge on any atom is -0.495 e.